The van der Waals surface area contributed by atoms with Crippen molar-refractivity contribution < 1.29 is 14.2 Å². The fraction of sp³-hybridized carbons (Fsp3) is 0.207. The first-order valence-corrected chi connectivity index (χ1v) is 12.4. The predicted octanol–water partition coefficient (Wildman–Crippen LogP) is 6.78. The molecule has 0 spiro atoms. The van der Waals surface area contributed by atoms with Crippen LogP contribution in [0.4, 0.5) is 11.4 Å². The van der Waals surface area contributed by atoms with E-state index in [2.05, 4.69) is 68.3 Å². The van der Waals surface area contributed by atoms with Crippen molar-refractivity contribution in [3.05, 3.63) is 94.5 Å². The molecule has 0 unspecified atom stereocenters. The van der Waals surface area contributed by atoms with Gasteiger partial charge in [-0.05, 0) is 68.7 Å². The summed E-state index contributed by atoms with van der Waals surface area (Å²) in [6.45, 7) is 3.84. The molecule has 6 heteroatoms. The molecule has 1 heterocycles. The van der Waals surface area contributed by atoms with Gasteiger partial charge in [-0.1, -0.05) is 42.5 Å². The number of aliphatic imine (C=N–C) groups is 1. The lowest BCUT2D eigenvalue weighted by Crippen LogP contribution is -2.36. The maximum atomic E-state index is 6.18. The van der Waals surface area contributed by atoms with Crippen LogP contribution in [-0.2, 0) is 11.3 Å². The highest BCUT2D eigenvalue weighted by Gasteiger charge is 2.12. The number of hydrogen-bond donors (Lipinski definition) is 0. The van der Waals surface area contributed by atoms with Gasteiger partial charge in [0, 0.05) is 35.0 Å². The SMILES string of the molecule is COc1cc(C=Nc2ccc(N3CCOCC3)cc2)c(Br)cc1OCc1cccc2ccccc12. The van der Waals surface area contributed by atoms with E-state index in [9.17, 15) is 0 Å². The number of morpholine rings is 1. The molecule has 0 bridgehead atoms. The number of halogens is 1. The van der Waals surface area contributed by atoms with Gasteiger partial charge in [0.25, 0.3) is 0 Å². The Morgan fingerprint density at radius 3 is 2.51 bits per heavy atom. The fourth-order valence-corrected chi connectivity index (χ4v) is 4.64. The zero-order valence-corrected chi connectivity index (χ0v) is 21.2. The maximum absolute atomic E-state index is 6.18. The second-order valence-corrected chi connectivity index (χ2v) is 9.18. The molecule has 0 aromatic heterocycles. The Labute approximate surface area is 214 Å². The topological polar surface area (TPSA) is 43.3 Å². The summed E-state index contributed by atoms with van der Waals surface area (Å²) in [4.78, 5) is 6.99. The normalized spacial score (nSPS) is 13.9. The highest BCUT2D eigenvalue weighted by molar-refractivity contribution is 9.10. The Kier molecular flexibility index (Phi) is 7.31. The van der Waals surface area contributed by atoms with Crippen LogP contribution >= 0.6 is 15.9 Å². The highest BCUT2D eigenvalue weighted by Crippen LogP contribution is 2.34. The standard InChI is InChI=1S/C29H27BrN2O3/c1-33-28-17-23(19-31-24-9-11-25(12-10-24)32-13-15-34-16-14-32)27(30)18-29(28)35-20-22-7-4-6-21-5-2-3-8-26(21)22/h2-12,17-19H,13-16,20H2,1H3. The summed E-state index contributed by atoms with van der Waals surface area (Å²) in [5.41, 5.74) is 4.14. The van der Waals surface area contributed by atoms with E-state index in [1.54, 1.807) is 7.11 Å². The molecule has 5 rings (SSSR count). The van der Waals surface area contributed by atoms with Gasteiger partial charge in [0.1, 0.15) is 6.61 Å². The minimum Gasteiger partial charge on any atom is -0.493 e. The second kappa shape index (κ2) is 10.9. The van der Waals surface area contributed by atoms with Crippen LogP contribution in [-0.4, -0.2) is 39.6 Å². The molecule has 0 saturated carbocycles. The van der Waals surface area contributed by atoms with Crippen LogP contribution in [0, 0.1) is 0 Å². The molecule has 0 amide bonds. The third kappa shape index (κ3) is 5.50. The highest BCUT2D eigenvalue weighted by atomic mass is 79.9. The lowest BCUT2D eigenvalue weighted by molar-refractivity contribution is 0.122. The Bertz CT molecular complexity index is 1330. The lowest BCUT2D eigenvalue weighted by atomic mass is 10.1. The van der Waals surface area contributed by atoms with Gasteiger partial charge in [-0.25, -0.2) is 0 Å². The van der Waals surface area contributed by atoms with E-state index in [1.165, 1.54) is 16.5 Å². The number of anilines is 1. The third-order valence-electron chi connectivity index (χ3n) is 6.12. The third-order valence-corrected chi connectivity index (χ3v) is 6.81. The van der Waals surface area contributed by atoms with Gasteiger partial charge in [0.2, 0.25) is 0 Å². The van der Waals surface area contributed by atoms with Crippen molar-refractivity contribution in [3.8, 4) is 11.5 Å². The van der Waals surface area contributed by atoms with E-state index in [-0.39, 0.29) is 0 Å². The zero-order chi connectivity index (χ0) is 24.0. The van der Waals surface area contributed by atoms with Crippen molar-refractivity contribution in [2.24, 2.45) is 4.99 Å². The number of benzene rings is 4. The number of fused-ring (bicyclic) bond motifs is 1. The van der Waals surface area contributed by atoms with E-state index >= 15 is 0 Å². The number of nitrogens with zero attached hydrogens (tertiary/aromatic N) is 2. The number of ether oxygens (including phenoxy) is 3. The van der Waals surface area contributed by atoms with Crippen LogP contribution in [0.2, 0.25) is 0 Å². The molecule has 178 valence electrons. The minimum absolute atomic E-state index is 0.451. The molecule has 0 N–H and O–H groups in total. The molecule has 4 aromatic rings. The van der Waals surface area contributed by atoms with Gasteiger partial charge in [-0.2, -0.15) is 0 Å². The zero-order valence-electron chi connectivity index (χ0n) is 19.6. The minimum atomic E-state index is 0.451. The molecule has 5 nitrogen and oxygen atoms in total. The van der Waals surface area contributed by atoms with Gasteiger partial charge in [-0.15, -0.1) is 0 Å². The Hall–Kier alpha value is -3.35. The molecule has 1 fully saturated rings. The monoisotopic (exact) mass is 530 g/mol. The maximum Gasteiger partial charge on any atom is 0.162 e. The Morgan fingerprint density at radius 2 is 1.71 bits per heavy atom. The predicted molar refractivity (Wildman–Crippen MR) is 146 cm³/mol. The second-order valence-electron chi connectivity index (χ2n) is 8.33. The molecule has 1 aliphatic heterocycles. The van der Waals surface area contributed by atoms with Crippen LogP contribution in [0.15, 0.2) is 88.3 Å². The van der Waals surface area contributed by atoms with Crippen LogP contribution in [0.1, 0.15) is 11.1 Å². The number of hydrogen-bond acceptors (Lipinski definition) is 5. The molecule has 1 aliphatic rings. The van der Waals surface area contributed by atoms with E-state index in [4.69, 9.17) is 14.2 Å². The van der Waals surface area contributed by atoms with Gasteiger partial charge in [-0.3, -0.25) is 4.99 Å². The van der Waals surface area contributed by atoms with Crippen molar-refractivity contribution >= 4 is 44.3 Å². The van der Waals surface area contributed by atoms with Crippen molar-refractivity contribution in [2.45, 2.75) is 6.61 Å². The van der Waals surface area contributed by atoms with E-state index < -0.39 is 0 Å². The molecule has 0 radical (unpaired) electrons. The Balaban J connectivity index is 1.30. The molecular formula is C29H27BrN2O3. The number of methoxy groups -OCH3 is 1. The van der Waals surface area contributed by atoms with Crippen LogP contribution < -0.4 is 14.4 Å². The fourth-order valence-electron chi connectivity index (χ4n) is 4.21. The summed E-state index contributed by atoms with van der Waals surface area (Å²) in [6, 6.07) is 26.8. The first-order valence-electron chi connectivity index (χ1n) is 11.6. The van der Waals surface area contributed by atoms with E-state index in [1.807, 2.05) is 42.6 Å². The van der Waals surface area contributed by atoms with Gasteiger partial charge in [0.15, 0.2) is 11.5 Å². The lowest BCUT2D eigenvalue weighted by Gasteiger charge is -2.28. The summed E-state index contributed by atoms with van der Waals surface area (Å²) < 4.78 is 18.1. The van der Waals surface area contributed by atoms with Crippen LogP contribution in [0.5, 0.6) is 11.5 Å². The summed E-state index contributed by atoms with van der Waals surface area (Å²) >= 11 is 3.67. The summed E-state index contributed by atoms with van der Waals surface area (Å²) in [5.74, 6) is 1.34. The summed E-state index contributed by atoms with van der Waals surface area (Å²) in [6.07, 6.45) is 1.84. The quantitative estimate of drug-likeness (QED) is 0.247. The largest absolute Gasteiger partial charge is 0.493 e. The molecule has 35 heavy (non-hydrogen) atoms. The van der Waals surface area contributed by atoms with Crippen molar-refractivity contribution in [2.75, 3.05) is 38.3 Å². The van der Waals surface area contributed by atoms with Gasteiger partial charge >= 0.3 is 0 Å². The van der Waals surface area contributed by atoms with E-state index in [0.29, 0.717) is 18.1 Å². The molecular weight excluding hydrogens is 504 g/mol. The first-order chi connectivity index (χ1) is 17.2. The van der Waals surface area contributed by atoms with Crippen LogP contribution in [0.25, 0.3) is 10.8 Å². The molecule has 0 atom stereocenters. The average Bonchev–Trinajstić information content (AvgIpc) is 2.92. The summed E-state index contributed by atoms with van der Waals surface area (Å²) in [7, 11) is 1.65. The smallest absolute Gasteiger partial charge is 0.162 e. The van der Waals surface area contributed by atoms with Gasteiger partial charge < -0.3 is 19.1 Å². The van der Waals surface area contributed by atoms with Crippen molar-refractivity contribution in [1.29, 1.82) is 0 Å². The van der Waals surface area contributed by atoms with Crippen LogP contribution in [0.3, 0.4) is 0 Å². The van der Waals surface area contributed by atoms with Gasteiger partial charge in [0.05, 0.1) is 26.0 Å². The summed E-state index contributed by atoms with van der Waals surface area (Å²) in [5, 5.41) is 2.39. The Morgan fingerprint density at radius 1 is 0.943 bits per heavy atom. The first kappa shape index (κ1) is 23.4. The van der Waals surface area contributed by atoms with Crippen molar-refractivity contribution in [1.82, 2.24) is 0 Å². The molecule has 0 aliphatic carbocycles. The van der Waals surface area contributed by atoms with Crippen molar-refractivity contribution in [3.63, 3.8) is 0 Å². The van der Waals surface area contributed by atoms with E-state index in [0.717, 1.165) is 47.6 Å². The average molecular weight is 531 g/mol. The number of rotatable bonds is 7. The molecule has 1 saturated heterocycles. The molecule has 4 aromatic carbocycles.